The number of aliphatic hydroxyl groups excluding tert-OH is 1. The first-order chi connectivity index (χ1) is 16.2. The summed E-state index contributed by atoms with van der Waals surface area (Å²) in [5.74, 6) is 0. The number of likely N-dealkylation sites (tertiary alicyclic amines) is 1. The molecule has 0 aliphatic carbocycles. The first-order valence-electron chi connectivity index (χ1n) is 12.1. The summed E-state index contributed by atoms with van der Waals surface area (Å²) in [6, 6.07) is 16.8. The lowest BCUT2D eigenvalue weighted by atomic mass is 10.0. The topological polar surface area (TPSA) is 53.7 Å². The summed E-state index contributed by atoms with van der Waals surface area (Å²) >= 11 is 0. The van der Waals surface area contributed by atoms with E-state index in [2.05, 4.69) is 34.3 Å². The van der Waals surface area contributed by atoms with Gasteiger partial charge in [0.2, 0.25) is 0 Å². The predicted octanol–water partition coefficient (Wildman–Crippen LogP) is 5.54. The van der Waals surface area contributed by atoms with Crippen LogP contribution in [0.25, 0.3) is 27.9 Å². The lowest BCUT2D eigenvalue weighted by molar-refractivity contribution is 0.199. The van der Waals surface area contributed by atoms with Crippen LogP contribution < -0.4 is 0 Å². The third-order valence-corrected chi connectivity index (χ3v) is 6.71. The number of hydrogen-bond donors (Lipinski definition) is 1. The van der Waals surface area contributed by atoms with Crippen molar-refractivity contribution in [1.29, 1.82) is 0 Å². The lowest BCUT2D eigenvalue weighted by Gasteiger charge is -2.26. The molecule has 1 saturated heterocycles. The molecule has 170 valence electrons. The Hall–Kier alpha value is -3.02. The van der Waals surface area contributed by atoms with Gasteiger partial charge in [0.25, 0.3) is 0 Å². The summed E-state index contributed by atoms with van der Waals surface area (Å²) in [4.78, 5) is 7.33. The maximum atomic E-state index is 9.91. The van der Waals surface area contributed by atoms with Crippen molar-refractivity contribution < 1.29 is 5.11 Å². The summed E-state index contributed by atoms with van der Waals surface area (Å²) in [5, 5.41) is 14.5. The molecule has 1 N–H and O–H groups in total. The van der Waals surface area contributed by atoms with Crippen molar-refractivity contribution in [3.05, 3.63) is 78.2 Å². The normalized spacial score (nSPS) is 15.7. The van der Waals surface area contributed by atoms with E-state index in [0.717, 1.165) is 39.9 Å². The Labute approximate surface area is 195 Å². The van der Waals surface area contributed by atoms with Gasteiger partial charge in [-0.15, -0.1) is 0 Å². The number of aromatic nitrogens is 3. The molecule has 5 heteroatoms. The van der Waals surface area contributed by atoms with Crippen molar-refractivity contribution in [2.75, 3.05) is 19.6 Å². The van der Waals surface area contributed by atoms with Gasteiger partial charge in [0.05, 0.1) is 12.3 Å². The highest BCUT2D eigenvalue weighted by atomic mass is 16.3. The molecule has 1 atom stereocenters. The molecular formula is C28H32N4O. The first-order valence-corrected chi connectivity index (χ1v) is 12.1. The second kappa shape index (κ2) is 9.86. The zero-order chi connectivity index (χ0) is 22.6. The minimum atomic E-state index is -0.501. The molecule has 2 aromatic heterocycles. The van der Waals surface area contributed by atoms with Crippen LogP contribution in [0.4, 0.5) is 0 Å². The minimum absolute atomic E-state index is 0.501. The van der Waals surface area contributed by atoms with Crippen molar-refractivity contribution in [2.45, 2.75) is 45.1 Å². The van der Waals surface area contributed by atoms with Crippen LogP contribution in [0.5, 0.6) is 0 Å². The number of rotatable bonds is 7. The third-order valence-electron chi connectivity index (χ3n) is 6.71. The quantitative estimate of drug-likeness (QED) is 0.410. The van der Waals surface area contributed by atoms with Crippen LogP contribution in [0.2, 0.25) is 0 Å². The molecule has 33 heavy (non-hydrogen) atoms. The van der Waals surface area contributed by atoms with E-state index in [1.807, 2.05) is 47.4 Å². The maximum absolute atomic E-state index is 9.91. The molecule has 1 aliphatic heterocycles. The fraction of sp³-hybridized carbons (Fsp3) is 0.357. The average Bonchev–Trinajstić information content (AvgIpc) is 3.29. The van der Waals surface area contributed by atoms with E-state index in [9.17, 15) is 5.11 Å². The summed E-state index contributed by atoms with van der Waals surface area (Å²) in [6.45, 7) is 5.54. The van der Waals surface area contributed by atoms with Gasteiger partial charge in [-0.3, -0.25) is 0 Å². The molecular weight excluding hydrogens is 408 g/mol. The van der Waals surface area contributed by atoms with E-state index in [4.69, 9.17) is 4.98 Å². The summed E-state index contributed by atoms with van der Waals surface area (Å²) < 4.78 is 1.84. The fourth-order valence-corrected chi connectivity index (χ4v) is 4.75. The maximum Gasteiger partial charge on any atom is 0.162 e. The van der Waals surface area contributed by atoms with Crippen LogP contribution >= 0.6 is 0 Å². The van der Waals surface area contributed by atoms with Gasteiger partial charge in [0.1, 0.15) is 0 Å². The summed E-state index contributed by atoms with van der Waals surface area (Å²) in [5.41, 5.74) is 7.28. The zero-order valence-electron chi connectivity index (χ0n) is 19.3. The average molecular weight is 441 g/mol. The number of piperidine rings is 1. The second-order valence-corrected chi connectivity index (χ2v) is 9.17. The Kier molecular flexibility index (Phi) is 6.51. The lowest BCUT2D eigenvalue weighted by Crippen LogP contribution is -2.30. The van der Waals surface area contributed by atoms with Crippen molar-refractivity contribution >= 4 is 5.65 Å². The molecule has 5 nitrogen and oxygen atoms in total. The summed E-state index contributed by atoms with van der Waals surface area (Å²) in [6.07, 6.45) is 11.8. The Bertz CT molecular complexity index is 1210. The smallest absolute Gasteiger partial charge is 0.162 e. The van der Waals surface area contributed by atoms with Gasteiger partial charge in [-0.2, -0.15) is 5.10 Å². The van der Waals surface area contributed by atoms with Gasteiger partial charge in [-0.1, -0.05) is 48.9 Å². The third kappa shape index (κ3) is 5.00. The molecule has 0 bridgehead atoms. The van der Waals surface area contributed by atoms with E-state index >= 15 is 0 Å². The monoisotopic (exact) mass is 440 g/mol. The van der Waals surface area contributed by atoms with E-state index in [1.54, 1.807) is 6.92 Å². The number of nitrogens with zero attached hydrogens (tertiary/aromatic N) is 4. The van der Waals surface area contributed by atoms with E-state index in [1.165, 1.54) is 50.9 Å². The molecule has 0 radical (unpaired) electrons. The standard InChI is InChI=1S/C28H32N4O/c1-21(33)24-8-5-9-25(17-24)27-19-30-32-20-26(18-29-28(27)32)23-12-10-22(11-13-23)7-6-16-31-14-3-2-4-15-31/h5,8-13,17-21,33H,2-4,6-7,14-16H2,1H3/t21-/m1/s1. The first kappa shape index (κ1) is 21.8. The van der Waals surface area contributed by atoms with Crippen LogP contribution in [0.1, 0.15) is 49.8 Å². The molecule has 1 fully saturated rings. The minimum Gasteiger partial charge on any atom is -0.389 e. The number of benzene rings is 2. The van der Waals surface area contributed by atoms with E-state index in [0.29, 0.717) is 0 Å². The van der Waals surface area contributed by atoms with Crippen LogP contribution in [0, 0.1) is 0 Å². The van der Waals surface area contributed by atoms with Crippen molar-refractivity contribution in [3.8, 4) is 22.3 Å². The van der Waals surface area contributed by atoms with Crippen LogP contribution in [-0.2, 0) is 6.42 Å². The molecule has 0 saturated carbocycles. The molecule has 0 amide bonds. The predicted molar refractivity (Wildman–Crippen MR) is 133 cm³/mol. The summed E-state index contributed by atoms with van der Waals surface area (Å²) in [7, 11) is 0. The largest absolute Gasteiger partial charge is 0.389 e. The molecule has 2 aromatic carbocycles. The molecule has 1 aliphatic rings. The van der Waals surface area contributed by atoms with Gasteiger partial charge in [-0.25, -0.2) is 9.50 Å². The van der Waals surface area contributed by atoms with Crippen molar-refractivity contribution in [1.82, 2.24) is 19.5 Å². The van der Waals surface area contributed by atoms with Crippen LogP contribution in [0.3, 0.4) is 0 Å². The van der Waals surface area contributed by atoms with Gasteiger partial charge >= 0.3 is 0 Å². The molecule has 0 spiro atoms. The van der Waals surface area contributed by atoms with Crippen molar-refractivity contribution in [3.63, 3.8) is 0 Å². The van der Waals surface area contributed by atoms with Gasteiger partial charge < -0.3 is 10.0 Å². The SMILES string of the molecule is C[C@@H](O)c1cccc(-c2cnn3cc(-c4ccc(CCCN5CCCCC5)cc4)cnc23)c1. The van der Waals surface area contributed by atoms with Crippen molar-refractivity contribution in [2.24, 2.45) is 0 Å². The highest BCUT2D eigenvalue weighted by Gasteiger charge is 2.12. The number of aliphatic hydroxyl groups is 1. The molecule has 4 aromatic rings. The van der Waals surface area contributed by atoms with Gasteiger partial charge in [0.15, 0.2) is 5.65 Å². The molecule has 3 heterocycles. The Morgan fingerprint density at radius 3 is 2.55 bits per heavy atom. The highest BCUT2D eigenvalue weighted by molar-refractivity contribution is 5.78. The fourth-order valence-electron chi connectivity index (χ4n) is 4.75. The number of fused-ring (bicyclic) bond motifs is 1. The van der Waals surface area contributed by atoms with Crippen LogP contribution in [0.15, 0.2) is 67.1 Å². The Morgan fingerprint density at radius 1 is 0.939 bits per heavy atom. The Balaban J connectivity index is 1.29. The highest BCUT2D eigenvalue weighted by Crippen LogP contribution is 2.28. The molecule has 0 unspecified atom stereocenters. The Morgan fingerprint density at radius 2 is 1.76 bits per heavy atom. The van der Waals surface area contributed by atoms with E-state index in [-0.39, 0.29) is 0 Å². The number of aryl methyl sites for hydroxylation is 1. The van der Waals surface area contributed by atoms with Crippen LogP contribution in [-0.4, -0.2) is 44.2 Å². The molecule has 5 rings (SSSR count). The number of hydrogen-bond acceptors (Lipinski definition) is 4. The van der Waals surface area contributed by atoms with Gasteiger partial charge in [-0.05, 0) is 80.6 Å². The van der Waals surface area contributed by atoms with E-state index < -0.39 is 6.10 Å². The second-order valence-electron chi connectivity index (χ2n) is 9.17. The zero-order valence-corrected chi connectivity index (χ0v) is 19.3. The van der Waals surface area contributed by atoms with Gasteiger partial charge in [0, 0.05) is 23.5 Å².